The molecule has 33 heavy (non-hydrogen) atoms. The third kappa shape index (κ3) is 7.40. The molecule has 3 rings (SSSR count). The SMILES string of the molecule is CC(=O)Nc1cccc(NC(=O)CSc2nnc(NC(=O)c3ccc(C(C)(C)C)cc3)s2)c1. The highest BCUT2D eigenvalue weighted by Crippen LogP contribution is 2.27. The molecule has 0 aliphatic rings. The Hall–Kier alpha value is -3.24. The zero-order chi connectivity index (χ0) is 24.0. The van der Waals surface area contributed by atoms with Crippen LogP contribution in [0.4, 0.5) is 16.5 Å². The van der Waals surface area contributed by atoms with E-state index in [9.17, 15) is 14.4 Å². The Morgan fingerprint density at radius 1 is 0.939 bits per heavy atom. The van der Waals surface area contributed by atoms with E-state index < -0.39 is 0 Å². The monoisotopic (exact) mass is 483 g/mol. The number of anilines is 3. The predicted molar refractivity (Wildman–Crippen MR) is 133 cm³/mol. The van der Waals surface area contributed by atoms with Gasteiger partial charge in [0.05, 0.1) is 5.75 Å². The van der Waals surface area contributed by atoms with Crippen molar-refractivity contribution in [3.63, 3.8) is 0 Å². The molecule has 8 nitrogen and oxygen atoms in total. The van der Waals surface area contributed by atoms with Crippen LogP contribution in [-0.4, -0.2) is 33.7 Å². The summed E-state index contributed by atoms with van der Waals surface area (Å²) in [5.41, 5.74) is 2.88. The van der Waals surface area contributed by atoms with E-state index in [-0.39, 0.29) is 28.9 Å². The van der Waals surface area contributed by atoms with Gasteiger partial charge in [-0.25, -0.2) is 0 Å². The van der Waals surface area contributed by atoms with Crippen molar-refractivity contribution in [2.24, 2.45) is 0 Å². The van der Waals surface area contributed by atoms with Crippen LogP contribution in [0.25, 0.3) is 0 Å². The zero-order valence-corrected chi connectivity index (χ0v) is 20.4. The molecule has 0 spiro atoms. The van der Waals surface area contributed by atoms with Crippen LogP contribution in [0.15, 0.2) is 52.9 Å². The van der Waals surface area contributed by atoms with E-state index in [0.717, 1.165) is 5.56 Å². The Kier molecular flexibility index (Phi) is 7.83. The summed E-state index contributed by atoms with van der Waals surface area (Å²) in [5.74, 6) is -0.545. The molecule has 0 aliphatic heterocycles. The van der Waals surface area contributed by atoms with Crippen molar-refractivity contribution in [1.29, 1.82) is 0 Å². The van der Waals surface area contributed by atoms with Gasteiger partial charge in [0.2, 0.25) is 16.9 Å². The normalized spacial score (nSPS) is 11.0. The number of hydrogen-bond donors (Lipinski definition) is 3. The first kappa shape index (κ1) is 24.4. The molecule has 1 heterocycles. The van der Waals surface area contributed by atoms with Crippen molar-refractivity contribution in [2.75, 3.05) is 21.7 Å². The molecule has 3 aromatic rings. The highest BCUT2D eigenvalue weighted by Gasteiger charge is 2.16. The lowest BCUT2D eigenvalue weighted by Gasteiger charge is -2.18. The van der Waals surface area contributed by atoms with E-state index in [1.807, 2.05) is 12.1 Å². The fraction of sp³-hybridized carbons (Fsp3) is 0.261. The van der Waals surface area contributed by atoms with Gasteiger partial charge in [0.15, 0.2) is 4.34 Å². The minimum atomic E-state index is -0.264. The van der Waals surface area contributed by atoms with Crippen molar-refractivity contribution in [3.8, 4) is 0 Å². The van der Waals surface area contributed by atoms with Gasteiger partial charge in [0, 0.05) is 23.9 Å². The second-order valence-corrected chi connectivity index (χ2v) is 10.5. The smallest absolute Gasteiger partial charge is 0.257 e. The highest BCUT2D eigenvalue weighted by molar-refractivity contribution is 8.01. The number of hydrogen-bond acceptors (Lipinski definition) is 7. The molecule has 1 aromatic heterocycles. The van der Waals surface area contributed by atoms with Crippen molar-refractivity contribution >= 4 is 57.3 Å². The van der Waals surface area contributed by atoms with Gasteiger partial charge >= 0.3 is 0 Å². The van der Waals surface area contributed by atoms with Crippen LogP contribution in [0, 0.1) is 0 Å². The van der Waals surface area contributed by atoms with Crippen LogP contribution in [-0.2, 0) is 15.0 Å². The Balaban J connectivity index is 1.51. The van der Waals surface area contributed by atoms with Crippen molar-refractivity contribution < 1.29 is 14.4 Å². The number of carbonyl (C=O) groups excluding carboxylic acids is 3. The standard InChI is InChI=1S/C23H25N5O3S2/c1-14(29)24-17-6-5-7-18(12-17)25-19(30)13-32-22-28-27-21(33-22)26-20(31)15-8-10-16(11-9-15)23(2,3)4/h5-12H,13H2,1-4H3,(H,24,29)(H,25,30)(H,26,27,31). The summed E-state index contributed by atoms with van der Waals surface area (Å²) < 4.78 is 0.565. The molecule has 2 aromatic carbocycles. The number of amides is 3. The largest absolute Gasteiger partial charge is 0.326 e. The van der Waals surface area contributed by atoms with E-state index in [1.54, 1.807) is 36.4 Å². The number of nitrogens with one attached hydrogen (secondary N) is 3. The second kappa shape index (κ2) is 10.6. The molecule has 0 atom stereocenters. The quantitative estimate of drug-likeness (QED) is 0.329. The molecule has 0 aliphatic carbocycles. The number of aromatic nitrogens is 2. The molecular formula is C23H25N5O3S2. The van der Waals surface area contributed by atoms with E-state index in [2.05, 4.69) is 46.9 Å². The summed E-state index contributed by atoms with van der Waals surface area (Å²) in [5, 5.41) is 16.6. The summed E-state index contributed by atoms with van der Waals surface area (Å²) in [6.45, 7) is 7.77. The maximum atomic E-state index is 12.5. The molecular weight excluding hydrogens is 458 g/mol. The van der Waals surface area contributed by atoms with E-state index in [4.69, 9.17) is 0 Å². The highest BCUT2D eigenvalue weighted by atomic mass is 32.2. The van der Waals surface area contributed by atoms with Gasteiger partial charge in [-0.3, -0.25) is 19.7 Å². The van der Waals surface area contributed by atoms with Crippen LogP contribution in [0.1, 0.15) is 43.6 Å². The van der Waals surface area contributed by atoms with Crippen LogP contribution < -0.4 is 16.0 Å². The Labute approximate surface area is 200 Å². The number of rotatable bonds is 7. The molecule has 0 bridgehead atoms. The van der Waals surface area contributed by atoms with Crippen LogP contribution in [0.2, 0.25) is 0 Å². The first-order valence-corrected chi connectivity index (χ1v) is 12.0. The zero-order valence-electron chi connectivity index (χ0n) is 18.8. The lowest BCUT2D eigenvalue weighted by molar-refractivity contribution is -0.114. The van der Waals surface area contributed by atoms with E-state index >= 15 is 0 Å². The Bertz CT molecular complexity index is 1150. The fourth-order valence-electron chi connectivity index (χ4n) is 2.81. The topological polar surface area (TPSA) is 113 Å². The molecule has 0 saturated carbocycles. The minimum absolute atomic E-state index is 0.0148. The Morgan fingerprint density at radius 2 is 1.61 bits per heavy atom. The van der Waals surface area contributed by atoms with Crippen molar-refractivity contribution in [2.45, 2.75) is 37.4 Å². The lowest BCUT2D eigenvalue weighted by Crippen LogP contribution is -2.14. The van der Waals surface area contributed by atoms with Gasteiger partial charge in [-0.15, -0.1) is 10.2 Å². The first-order chi connectivity index (χ1) is 15.6. The van der Waals surface area contributed by atoms with E-state index in [1.165, 1.54) is 30.0 Å². The van der Waals surface area contributed by atoms with Crippen LogP contribution in [0.5, 0.6) is 0 Å². The molecule has 0 radical (unpaired) electrons. The van der Waals surface area contributed by atoms with Gasteiger partial charge in [-0.1, -0.05) is 62.1 Å². The average Bonchev–Trinajstić information content (AvgIpc) is 3.19. The average molecular weight is 484 g/mol. The molecule has 0 fully saturated rings. The fourth-order valence-corrected chi connectivity index (χ4v) is 4.36. The van der Waals surface area contributed by atoms with Crippen LogP contribution in [0.3, 0.4) is 0 Å². The maximum Gasteiger partial charge on any atom is 0.257 e. The molecule has 10 heteroatoms. The minimum Gasteiger partial charge on any atom is -0.326 e. The molecule has 172 valence electrons. The summed E-state index contributed by atoms with van der Waals surface area (Å²) in [4.78, 5) is 35.9. The summed E-state index contributed by atoms with van der Waals surface area (Å²) in [7, 11) is 0. The van der Waals surface area contributed by atoms with E-state index in [0.29, 0.717) is 26.4 Å². The molecule has 3 amide bonds. The third-order valence-corrected chi connectivity index (χ3v) is 6.41. The van der Waals surface area contributed by atoms with Gasteiger partial charge in [-0.05, 0) is 41.3 Å². The first-order valence-electron chi connectivity index (χ1n) is 10.2. The number of benzene rings is 2. The molecule has 3 N–H and O–H groups in total. The van der Waals surface area contributed by atoms with Gasteiger partial charge in [0.25, 0.3) is 5.91 Å². The Morgan fingerprint density at radius 3 is 2.24 bits per heavy atom. The van der Waals surface area contributed by atoms with Gasteiger partial charge in [-0.2, -0.15) is 0 Å². The third-order valence-electron chi connectivity index (χ3n) is 4.43. The van der Waals surface area contributed by atoms with Gasteiger partial charge < -0.3 is 10.6 Å². The lowest BCUT2D eigenvalue weighted by atomic mass is 9.87. The summed E-state index contributed by atoms with van der Waals surface area (Å²) in [6.07, 6.45) is 0. The van der Waals surface area contributed by atoms with Crippen molar-refractivity contribution in [1.82, 2.24) is 10.2 Å². The van der Waals surface area contributed by atoms with Crippen molar-refractivity contribution in [3.05, 3.63) is 59.7 Å². The molecule has 0 saturated heterocycles. The molecule has 0 unspecified atom stereocenters. The summed E-state index contributed by atoms with van der Waals surface area (Å²) >= 11 is 2.43. The number of nitrogens with zero attached hydrogens (tertiary/aromatic N) is 2. The maximum absolute atomic E-state index is 12.5. The van der Waals surface area contributed by atoms with Gasteiger partial charge in [0.1, 0.15) is 0 Å². The number of thioether (sulfide) groups is 1. The summed E-state index contributed by atoms with van der Waals surface area (Å²) in [6, 6.07) is 14.4. The predicted octanol–water partition coefficient (Wildman–Crippen LogP) is 4.78. The second-order valence-electron chi connectivity index (χ2n) is 8.25. The van der Waals surface area contributed by atoms with Crippen LogP contribution >= 0.6 is 23.1 Å². The number of carbonyl (C=O) groups is 3.